The summed E-state index contributed by atoms with van der Waals surface area (Å²) in [5.74, 6) is 0. The molecule has 3 nitrogen and oxygen atoms in total. The Labute approximate surface area is 112 Å². The first-order valence-corrected chi connectivity index (χ1v) is 9.18. The Hall–Kier alpha value is -0.423. The average molecular weight is 272 g/mol. The molecule has 106 valence electrons. The minimum Gasteiger partial charge on any atom is -0.413 e. The normalized spacial score (nSPS) is 16.9. The van der Waals surface area contributed by atoms with E-state index in [4.69, 9.17) is 9.53 Å². The predicted octanol–water partition coefficient (Wildman–Crippen LogP) is 2.86. The lowest BCUT2D eigenvalue weighted by atomic mass is 9.97. The van der Waals surface area contributed by atoms with Crippen molar-refractivity contribution in [3.05, 3.63) is 24.3 Å². The molecule has 0 spiro atoms. The summed E-state index contributed by atoms with van der Waals surface area (Å²) < 4.78 is 6.00. The van der Waals surface area contributed by atoms with Gasteiger partial charge < -0.3 is 14.6 Å². The Bertz CT molecular complexity index is 311. The third-order valence-corrected chi connectivity index (χ3v) is 8.16. The lowest BCUT2D eigenvalue weighted by Crippen LogP contribution is -2.42. The quantitative estimate of drug-likeness (QED) is 0.577. The zero-order valence-corrected chi connectivity index (χ0v) is 13.6. The van der Waals surface area contributed by atoms with Crippen LogP contribution in [-0.2, 0) is 4.43 Å². The van der Waals surface area contributed by atoms with Gasteiger partial charge in [-0.1, -0.05) is 39.5 Å². The first-order chi connectivity index (χ1) is 7.94. The van der Waals surface area contributed by atoms with Crippen molar-refractivity contribution in [1.29, 1.82) is 0 Å². The smallest absolute Gasteiger partial charge is 0.192 e. The molecule has 1 atom stereocenters. The van der Waals surface area contributed by atoms with Gasteiger partial charge in [-0.2, -0.15) is 0 Å². The molecule has 2 N–H and O–H groups in total. The van der Waals surface area contributed by atoms with Crippen molar-refractivity contribution in [3.8, 4) is 0 Å². The number of aliphatic hydroxyl groups excluding tert-OH is 1. The first kappa shape index (κ1) is 17.6. The monoisotopic (exact) mass is 272 g/mol. The molecule has 0 fully saturated rings. The minimum absolute atomic E-state index is 0.0908. The van der Waals surface area contributed by atoms with Gasteiger partial charge in [0.25, 0.3) is 0 Å². The summed E-state index contributed by atoms with van der Waals surface area (Å²) in [6.07, 6.45) is 3.06. The van der Waals surface area contributed by atoms with Gasteiger partial charge in [0.2, 0.25) is 0 Å². The van der Waals surface area contributed by atoms with Crippen molar-refractivity contribution >= 4 is 8.32 Å². The molecule has 0 aliphatic carbocycles. The fourth-order valence-electron chi connectivity index (χ4n) is 1.03. The van der Waals surface area contributed by atoms with Crippen LogP contribution in [0.5, 0.6) is 0 Å². The van der Waals surface area contributed by atoms with Crippen LogP contribution in [0, 0.1) is 0 Å². The van der Waals surface area contributed by atoms with Gasteiger partial charge in [-0.25, -0.2) is 0 Å². The summed E-state index contributed by atoms with van der Waals surface area (Å²) in [5.41, 5.74) is -0.525. The number of hydrogen-bond acceptors (Lipinski definition) is 3. The van der Waals surface area contributed by atoms with Crippen LogP contribution in [0.1, 0.15) is 27.7 Å². The van der Waals surface area contributed by atoms with Crippen molar-refractivity contribution in [1.82, 2.24) is 0 Å². The Balaban J connectivity index is 4.57. The fourth-order valence-corrected chi connectivity index (χ4v) is 2.00. The highest BCUT2D eigenvalue weighted by atomic mass is 28.4. The van der Waals surface area contributed by atoms with Crippen LogP contribution in [0.15, 0.2) is 24.3 Å². The van der Waals surface area contributed by atoms with E-state index in [1.165, 1.54) is 6.08 Å². The molecule has 0 rings (SSSR count). The van der Waals surface area contributed by atoms with E-state index >= 15 is 0 Å². The van der Waals surface area contributed by atoms with Crippen LogP contribution in [0.3, 0.4) is 0 Å². The summed E-state index contributed by atoms with van der Waals surface area (Å²) in [7, 11) is -1.82. The van der Waals surface area contributed by atoms with Gasteiger partial charge in [0.1, 0.15) is 5.60 Å². The van der Waals surface area contributed by atoms with E-state index in [1.54, 1.807) is 13.0 Å². The van der Waals surface area contributed by atoms with Crippen LogP contribution in [0.4, 0.5) is 0 Å². The fraction of sp³-hybridized carbons (Fsp3) is 0.714. The molecule has 0 aliphatic rings. The van der Waals surface area contributed by atoms with Gasteiger partial charge in [-0.05, 0) is 30.6 Å². The maximum Gasteiger partial charge on any atom is 0.192 e. The maximum atomic E-state index is 10.2. The largest absolute Gasteiger partial charge is 0.413 e. The van der Waals surface area contributed by atoms with Gasteiger partial charge in [0, 0.05) is 0 Å². The molecule has 0 aromatic rings. The van der Waals surface area contributed by atoms with Gasteiger partial charge in [-0.3, -0.25) is 0 Å². The molecular weight excluding hydrogens is 244 g/mol. The first-order valence-electron chi connectivity index (χ1n) is 6.27. The van der Waals surface area contributed by atoms with Crippen LogP contribution >= 0.6 is 0 Å². The van der Waals surface area contributed by atoms with Gasteiger partial charge >= 0.3 is 0 Å². The van der Waals surface area contributed by atoms with Gasteiger partial charge in [-0.15, -0.1) is 0 Å². The highest BCUT2D eigenvalue weighted by molar-refractivity contribution is 6.74. The van der Waals surface area contributed by atoms with Crippen LogP contribution < -0.4 is 0 Å². The third-order valence-electron chi connectivity index (χ3n) is 3.68. The second-order valence-corrected chi connectivity index (χ2v) is 11.2. The topological polar surface area (TPSA) is 49.7 Å². The van der Waals surface area contributed by atoms with E-state index < -0.39 is 13.9 Å². The Morgan fingerprint density at radius 1 is 1.28 bits per heavy atom. The molecule has 0 bridgehead atoms. The van der Waals surface area contributed by atoms with Crippen LogP contribution in [-0.4, -0.2) is 37.3 Å². The molecular formula is C14H28O3Si. The molecule has 0 heterocycles. The molecule has 4 heteroatoms. The van der Waals surface area contributed by atoms with Crippen LogP contribution in [0.25, 0.3) is 0 Å². The van der Waals surface area contributed by atoms with E-state index in [1.807, 2.05) is 0 Å². The molecule has 0 unspecified atom stereocenters. The summed E-state index contributed by atoms with van der Waals surface area (Å²) in [6.45, 7) is 16.6. The Kier molecular flexibility index (Phi) is 6.00. The van der Waals surface area contributed by atoms with Crippen molar-refractivity contribution in [2.75, 3.05) is 13.2 Å². The molecule has 0 aromatic carbocycles. The molecule has 0 radical (unpaired) electrons. The highest BCUT2D eigenvalue weighted by Crippen LogP contribution is 2.37. The van der Waals surface area contributed by atoms with Crippen molar-refractivity contribution in [2.45, 2.75) is 51.4 Å². The maximum absolute atomic E-state index is 10.2. The number of rotatable bonds is 6. The van der Waals surface area contributed by atoms with Crippen molar-refractivity contribution in [3.63, 3.8) is 0 Å². The second-order valence-electron chi connectivity index (χ2n) is 6.39. The summed E-state index contributed by atoms with van der Waals surface area (Å²) in [5, 5.41) is 19.0. The van der Waals surface area contributed by atoms with E-state index in [0.717, 1.165) is 0 Å². The Morgan fingerprint density at radius 3 is 2.17 bits per heavy atom. The molecule has 0 aliphatic heterocycles. The molecule has 18 heavy (non-hydrogen) atoms. The van der Waals surface area contributed by atoms with E-state index in [0.29, 0.717) is 12.2 Å². The summed E-state index contributed by atoms with van der Waals surface area (Å²) >= 11 is 0. The molecule has 0 aromatic heterocycles. The second kappa shape index (κ2) is 6.15. The molecule has 0 saturated carbocycles. The van der Waals surface area contributed by atoms with Crippen molar-refractivity contribution in [2.24, 2.45) is 0 Å². The zero-order chi connectivity index (χ0) is 14.6. The van der Waals surface area contributed by atoms with Gasteiger partial charge in [0.15, 0.2) is 8.32 Å². The van der Waals surface area contributed by atoms with E-state index in [9.17, 15) is 5.11 Å². The van der Waals surface area contributed by atoms with E-state index in [-0.39, 0.29) is 11.6 Å². The number of aliphatic hydroxyl groups is 2. The molecule has 0 saturated heterocycles. The number of hydrogen-bond donors (Lipinski definition) is 2. The Morgan fingerprint density at radius 2 is 1.78 bits per heavy atom. The lowest BCUT2D eigenvalue weighted by Gasteiger charge is -2.37. The predicted molar refractivity (Wildman–Crippen MR) is 79.1 cm³/mol. The van der Waals surface area contributed by atoms with Crippen LogP contribution in [0.2, 0.25) is 18.1 Å². The summed E-state index contributed by atoms with van der Waals surface area (Å²) in [6, 6.07) is 0. The third kappa shape index (κ3) is 5.06. The van der Waals surface area contributed by atoms with Crippen molar-refractivity contribution < 1.29 is 14.6 Å². The van der Waals surface area contributed by atoms with Gasteiger partial charge in [0.05, 0.1) is 13.2 Å². The lowest BCUT2D eigenvalue weighted by molar-refractivity contribution is 0.134. The SMILES string of the molecule is C=C(CO[Si](C)(C)C(C)(C)C)[C@@](C)(O)/C=C/CO. The van der Waals surface area contributed by atoms with E-state index in [2.05, 4.69) is 40.4 Å². The zero-order valence-electron chi connectivity index (χ0n) is 12.6. The molecule has 0 amide bonds. The highest BCUT2D eigenvalue weighted by Gasteiger charge is 2.37. The average Bonchev–Trinajstić information content (AvgIpc) is 2.21. The minimum atomic E-state index is -1.82. The summed E-state index contributed by atoms with van der Waals surface area (Å²) in [4.78, 5) is 0. The standard InChI is InChI=1S/C14H28O3Si/c1-12(14(5,16)9-8-10-15)11-17-18(6,7)13(2,3)4/h8-9,15-16H,1,10-11H2,2-7H3/b9-8+/t14-/m0/s1.